The molecule has 18 heteroatoms. The summed E-state index contributed by atoms with van der Waals surface area (Å²) in [6.45, 7) is 9.43. The maximum Gasteiger partial charge on any atom is 0.187 e. The Morgan fingerprint density at radius 3 is 2.10 bits per heavy atom. The summed E-state index contributed by atoms with van der Waals surface area (Å²) in [7, 11) is 0. The van der Waals surface area contributed by atoms with Crippen molar-refractivity contribution in [3.8, 4) is 0 Å². The van der Waals surface area contributed by atoms with E-state index < -0.39 is 111 Å². The number of allylic oxidation sites excluding steroid dienone is 1. The van der Waals surface area contributed by atoms with E-state index >= 15 is 0 Å². The first-order valence-electron chi connectivity index (χ1n) is 23.4. The highest BCUT2D eigenvalue weighted by Gasteiger charge is 2.68. The number of aliphatic hydroxyl groups excluding tert-OH is 10. The van der Waals surface area contributed by atoms with Crippen molar-refractivity contribution in [2.24, 2.45) is 46.3 Å². The van der Waals surface area contributed by atoms with E-state index in [1.54, 1.807) is 0 Å². The fraction of sp³-hybridized carbons (Fsp3) is 0.956. The molecule has 26 atom stereocenters. The van der Waals surface area contributed by atoms with Gasteiger partial charge in [-0.25, -0.2) is 0 Å². The van der Waals surface area contributed by atoms with Crippen molar-refractivity contribution in [2.45, 2.75) is 203 Å². The monoisotopic (exact) mass is 902 g/mol. The van der Waals surface area contributed by atoms with Crippen LogP contribution in [-0.2, 0) is 33.2 Å². The summed E-state index contributed by atoms with van der Waals surface area (Å²) in [5.41, 5.74) is 1.23. The highest BCUT2D eigenvalue weighted by atomic mass is 16.8. The topological polar surface area (TPSA) is 287 Å². The molecule has 8 rings (SSSR count). The van der Waals surface area contributed by atoms with Gasteiger partial charge in [0.05, 0.1) is 38.1 Å². The summed E-state index contributed by atoms with van der Waals surface area (Å²) < 4.78 is 42.1. The maximum atomic E-state index is 12.0. The van der Waals surface area contributed by atoms with Crippen LogP contribution in [0.5, 0.6) is 0 Å². The lowest BCUT2D eigenvalue weighted by atomic mass is 9.47. The Bertz CT molecular complexity index is 1600. The Labute approximate surface area is 369 Å². The zero-order chi connectivity index (χ0) is 45.5. The van der Waals surface area contributed by atoms with Crippen LogP contribution < -0.4 is 0 Å². The van der Waals surface area contributed by atoms with Gasteiger partial charge in [0.1, 0.15) is 67.1 Å². The number of aliphatic hydroxyl groups is 11. The lowest BCUT2D eigenvalue weighted by Gasteiger charge is -2.58. The molecule has 18 nitrogen and oxygen atoms in total. The van der Waals surface area contributed by atoms with E-state index in [1.807, 2.05) is 6.92 Å². The van der Waals surface area contributed by atoms with Gasteiger partial charge in [0, 0.05) is 12.3 Å². The standard InChI is InChI=1S/C45H74O18/c1-19(18-57-40-37(54)35(52)32(49)28(16-46)60-40)8-13-45(56)20(2)30-27(63-45)15-26-24-7-6-22-14-23(9-11-43(22,4)25(24)10-12-44(26,30)5)59-42-39(36(53)33(50)29(17-47)61-42)62-41-38(55)34(51)31(48)21(3)58-41/h6,19-21,23-42,46-56H,7-18H2,1-5H3/t19-,20+,21+,23+,24-,25+,26+,27+,28-,29-,30+,31+,32-,33-,34-,35+,36+,37-,38-,39-,40-,41+,42-,43+,44+,45-/m1/s1. The predicted molar refractivity (Wildman–Crippen MR) is 218 cm³/mol. The maximum absolute atomic E-state index is 12.0. The molecular formula is C45H74O18. The van der Waals surface area contributed by atoms with Gasteiger partial charge >= 0.3 is 0 Å². The van der Waals surface area contributed by atoms with Crippen LogP contribution in [0.25, 0.3) is 0 Å². The Morgan fingerprint density at radius 1 is 0.746 bits per heavy atom. The minimum Gasteiger partial charge on any atom is -0.394 e. The molecule has 4 saturated heterocycles. The highest BCUT2D eigenvalue weighted by molar-refractivity contribution is 5.26. The highest BCUT2D eigenvalue weighted by Crippen LogP contribution is 2.70. The number of fused-ring (bicyclic) bond motifs is 7. The molecule has 7 fully saturated rings. The van der Waals surface area contributed by atoms with Crippen LogP contribution in [0.15, 0.2) is 11.6 Å². The second-order valence-electron chi connectivity index (χ2n) is 21.0. The number of hydrogen-bond donors (Lipinski definition) is 11. The molecule has 0 aromatic heterocycles. The number of ether oxygens (including phenoxy) is 7. The van der Waals surface area contributed by atoms with Gasteiger partial charge in [-0.05, 0) is 98.7 Å². The Balaban J connectivity index is 0.885. The molecule has 0 radical (unpaired) electrons. The lowest BCUT2D eigenvalue weighted by Crippen LogP contribution is -2.64. The molecule has 8 aliphatic rings. The quantitative estimate of drug-likeness (QED) is 0.107. The second-order valence-corrected chi connectivity index (χ2v) is 21.0. The molecule has 11 N–H and O–H groups in total. The van der Waals surface area contributed by atoms with Crippen LogP contribution in [0.4, 0.5) is 0 Å². The van der Waals surface area contributed by atoms with E-state index in [1.165, 1.54) is 12.5 Å². The van der Waals surface area contributed by atoms with Crippen LogP contribution in [0, 0.1) is 46.3 Å². The molecule has 63 heavy (non-hydrogen) atoms. The first-order valence-corrected chi connectivity index (χ1v) is 23.4. The molecule has 0 bridgehead atoms. The zero-order valence-corrected chi connectivity index (χ0v) is 37.1. The predicted octanol–water partition coefficient (Wildman–Crippen LogP) is -0.831. The summed E-state index contributed by atoms with van der Waals surface area (Å²) in [6.07, 6.45) is -11.5. The van der Waals surface area contributed by atoms with E-state index in [-0.39, 0.29) is 47.4 Å². The van der Waals surface area contributed by atoms with E-state index in [0.717, 1.165) is 32.1 Å². The summed E-state index contributed by atoms with van der Waals surface area (Å²) >= 11 is 0. The van der Waals surface area contributed by atoms with Crippen LogP contribution in [0.3, 0.4) is 0 Å². The number of hydrogen-bond acceptors (Lipinski definition) is 18. The summed E-state index contributed by atoms with van der Waals surface area (Å²) in [5, 5.41) is 115. The molecule has 0 amide bonds. The van der Waals surface area contributed by atoms with Gasteiger partial charge < -0.3 is 89.3 Å². The lowest BCUT2D eigenvalue weighted by molar-refractivity contribution is -0.369. The number of rotatable bonds is 12. The third kappa shape index (κ3) is 8.51. The third-order valence-corrected chi connectivity index (χ3v) is 17.4. The fourth-order valence-electron chi connectivity index (χ4n) is 13.5. The van der Waals surface area contributed by atoms with Gasteiger partial charge in [-0.2, -0.15) is 0 Å². The Hall–Kier alpha value is -0.980. The van der Waals surface area contributed by atoms with Gasteiger partial charge in [-0.1, -0.05) is 39.3 Å². The summed E-state index contributed by atoms with van der Waals surface area (Å²) in [5.74, 6) is 0.0506. The summed E-state index contributed by atoms with van der Waals surface area (Å²) in [4.78, 5) is 0. The zero-order valence-electron chi connectivity index (χ0n) is 37.1. The third-order valence-electron chi connectivity index (χ3n) is 17.4. The van der Waals surface area contributed by atoms with Gasteiger partial charge in [-0.15, -0.1) is 0 Å². The van der Waals surface area contributed by atoms with Crippen molar-refractivity contribution in [3.05, 3.63) is 11.6 Å². The minimum atomic E-state index is -1.65. The van der Waals surface area contributed by atoms with Crippen molar-refractivity contribution >= 4 is 0 Å². The van der Waals surface area contributed by atoms with Gasteiger partial charge in [0.25, 0.3) is 0 Å². The van der Waals surface area contributed by atoms with Crippen LogP contribution in [-0.4, -0.2) is 186 Å². The molecule has 4 aliphatic carbocycles. The first kappa shape index (κ1) is 48.5. The first-order chi connectivity index (χ1) is 29.8. The Morgan fingerprint density at radius 2 is 1.40 bits per heavy atom. The van der Waals surface area contributed by atoms with Crippen molar-refractivity contribution in [1.29, 1.82) is 0 Å². The minimum absolute atomic E-state index is 0.0148. The van der Waals surface area contributed by atoms with Crippen molar-refractivity contribution in [1.82, 2.24) is 0 Å². The molecule has 3 saturated carbocycles. The molecule has 362 valence electrons. The van der Waals surface area contributed by atoms with E-state index in [9.17, 15) is 56.2 Å². The average molecular weight is 903 g/mol. The summed E-state index contributed by atoms with van der Waals surface area (Å²) in [6, 6.07) is 0. The SMILES string of the molecule is C[C@H](CC[C@@]1(O)O[C@H]2C[C@H]3[C@@H]4CC=C5C[C@@H](O[C@@H]6O[C@H](CO)[C@@H](O)[C@H](O)[C@H]6O[C@@H]6O[C@@H](C)[C@H](O)[C@@H](O)[C@H]6O)CC[C@]5(C)[C@H]4CC[C@]3(C)[C@H]2[C@@H]1C)CO[C@@H]1O[C@H](CO)[C@@H](O)[C@H](O)[C@H]1O. The molecule has 0 unspecified atom stereocenters. The average Bonchev–Trinajstić information content (AvgIpc) is 3.70. The molecule has 0 spiro atoms. The van der Waals surface area contributed by atoms with Gasteiger partial charge in [0.15, 0.2) is 24.7 Å². The van der Waals surface area contributed by atoms with Crippen LogP contribution >= 0.6 is 0 Å². The van der Waals surface area contributed by atoms with Gasteiger partial charge in [0.2, 0.25) is 0 Å². The van der Waals surface area contributed by atoms with Crippen molar-refractivity contribution < 1.29 is 89.3 Å². The second kappa shape index (κ2) is 18.5. The van der Waals surface area contributed by atoms with Crippen LogP contribution in [0.1, 0.15) is 92.4 Å². The van der Waals surface area contributed by atoms with E-state index in [4.69, 9.17) is 33.2 Å². The van der Waals surface area contributed by atoms with Gasteiger partial charge in [-0.3, -0.25) is 0 Å². The van der Waals surface area contributed by atoms with E-state index in [2.05, 4.69) is 26.8 Å². The van der Waals surface area contributed by atoms with Crippen molar-refractivity contribution in [3.63, 3.8) is 0 Å². The molecule has 4 aliphatic heterocycles. The molecule has 4 heterocycles. The molecular weight excluding hydrogens is 828 g/mol. The normalized spacial score (nSPS) is 55.0. The van der Waals surface area contributed by atoms with E-state index in [0.29, 0.717) is 43.4 Å². The molecule has 0 aromatic carbocycles. The smallest absolute Gasteiger partial charge is 0.187 e. The van der Waals surface area contributed by atoms with Crippen LogP contribution in [0.2, 0.25) is 0 Å². The molecule has 0 aromatic rings. The largest absolute Gasteiger partial charge is 0.394 e. The fourth-order valence-corrected chi connectivity index (χ4v) is 13.5. The Kier molecular flexibility index (Phi) is 14.2. The van der Waals surface area contributed by atoms with Crippen molar-refractivity contribution in [2.75, 3.05) is 19.8 Å².